The molecular formula is C13H16Br2. The van der Waals surface area contributed by atoms with Gasteiger partial charge in [-0.2, -0.15) is 0 Å². The van der Waals surface area contributed by atoms with E-state index in [4.69, 9.17) is 0 Å². The Morgan fingerprint density at radius 1 is 1.40 bits per heavy atom. The lowest BCUT2D eigenvalue weighted by Gasteiger charge is -2.08. The lowest BCUT2D eigenvalue weighted by Crippen LogP contribution is -1.94. The fourth-order valence-electron chi connectivity index (χ4n) is 1.27. The molecular weight excluding hydrogens is 316 g/mol. The van der Waals surface area contributed by atoms with E-state index in [0.717, 1.165) is 5.33 Å². The fraction of sp³-hybridized carbons (Fsp3) is 0.385. The lowest BCUT2D eigenvalue weighted by atomic mass is 10.0. The topological polar surface area (TPSA) is 0 Å². The number of benzene rings is 1. The Bertz CT molecular complexity index is 365. The molecule has 0 N–H and O–H groups in total. The predicted molar refractivity (Wildman–Crippen MR) is 75.5 cm³/mol. The second kappa shape index (κ2) is 5.86. The molecule has 15 heavy (non-hydrogen) atoms. The van der Waals surface area contributed by atoms with Crippen molar-refractivity contribution in [2.24, 2.45) is 5.92 Å². The molecule has 0 aliphatic heterocycles. The molecule has 0 heterocycles. The second-order valence-corrected chi connectivity index (χ2v) is 5.43. The number of rotatable bonds is 3. The Morgan fingerprint density at radius 3 is 2.53 bits per heavy atom. The highest BCUT2D eigenvalue weighted by atomic mass is 79.9. The maximum absolute atomic E-state index is 3.55. The number of hydrogen-bond acceptors (Lipinski definition) is 0. The van der Waals surface area contributed by atoms with Gasteiger partial charge in [0.1, 0.15) is 0 Å². The van der Waals surface area contributed by atoms with E-state index in [1.807, 2.05) is 0 Å². The number of halogens is 2. The minimum atomic E-state index is 0.587. The zero-order valence-corrected chi connectivity index (χ0v) is 12.5. The number of alkyl halides is 1. The molecule has 2 heteroatoms. The average Bonchev–Trinajstić information content (AvgIpc) is 2.19. The molecule has 0 aliphatic rings. The van der Waals surface area contributed by atoms with Gasteiger partial charge in [-0.3, -0.25) is 0 Å². The summed E-state index contributed by atoms with van der Waals surface area (Å²) in [6.07, 6.45) is 2.25. The van der Waals surface area contributed by atoms with E-state index >= 15 is 0 Å². The highest BCUT2D eigenvalue weighted by Crippen LogP contribution is 2.21. The minimum Gasteiger partial charge on any atom is -0.0880 e. The van der Waals surface area contributed by atoms with Crippen LogP contribution in [0.15, 0.2) is 28.2 Å². The highest BCUT2D eigenvalue weighted by Gasteiger charge is 2.02. The van der Waals surface area contributed by atoms with Gasteiger partial charge in [-0.15, -0.1) is 0 Å². The van der Waals surface area contributed by atoms with Gasteiger partial charge in [-0.05, 0) is 30.0 Å². The van der Waals surface area contributed by atoms with Gasteiger partial charge >= 0.3 is 0 Å². The average molecular weight is 332 g/mol. The summed E-state index contributed by atoms with van der Waals surface area (Å²) in [4.78, 5) is 0. The van der Waals surface area contributed by atoms with E-state index in [1.165, 1.54) is 21.2 Å². The highest BCUT2D eigenvalue weighted by molar-refractivity contribution is 9.10. The van der Waals surface area contributed by atoms with Crippen LogP contribution in [0.4, 0.5) is 0 Å². The zero-order chi connectivity index (χ0) is 11.4. The Hall–Kier alpha value is -0.0800. The molecule has 0 aromatic heterocycles. The summed E-state index contributed by atoms with van der Waals surface area (Å²) in [5, 5.41) is 0.941. The summed E-state index contributed by atoms with van der Waals surface area (Å²) < 4.78 is 1.17. The molecule has 1 rings (SSSR count). The summed E-state index contributed by atoms with van der Waals surface area (Å²) in [6.45, 7) is 6.54. The Kier molecular flexibility index (Phi) is 5.07. The zero-order valence-electron chi connectivity index (χ0n) is 9.35. The van der Waals surface area contributed by atoms with Gasteiger partial charge in [-0.1, -0.05) is 69.5 Å². The molecule has 0 radical (unpaired) electrons. The minimum absolute atomic E-state index is 0.587. The molecule has 0 atom stereocenters. The predicted octanol–water partition coefficient (Wildman–Crippen LogP) is 5.19. The van der Waals surface area contributed by atoms with Gasteiger partial charge in [0.25, 0.3) is 0 Å². The molecule has 1 aromatic rings. The smallest absolute Gasteiger partial charge is 0.0247 e. The van der Waals surface area contributed by atoms with Crippen LogP contribution in [0, 0.1) is 12.8 Å². The van der Waals surface area contributed by atoms with Gasteiger partial charge in [-0.25, -0.2) is 0 Å². The molecule has 0 saturated heterocycles. The van der Waals surface area contributed by atoms with Crippen LogP contribution in [0.5, 0.6) is 0 Å². The van der Waals surface area contributed by atoms with Crippen molar-refractivity contribution in [3.63, 3.8) is 0 Å². The van der Waals surface area contributed by atoms with Crippen molar-refractivity contribution in [1.29, 1.82) is 0 Å². The molecule has 0 nitrogen and oxygen atoms in total. The van der Waals surface area contributed by atoms with Crippen molar-refractivity contribution in [3.05, 3.63) is 39.4 Å². The van der Waals surface area contributed by atoms with Crippen molar-refractivity contribution >= 4 is 37.9 Å². The van der Waals surface area contributed by atoms with E-state index < -0.39 is 0 Å². The number of aryl methyl sites for hydroxylation is 1. The van der Waals surface area contributed by atoms with E-state index in [0.29, 0.717) is 5.92 Å². The van der Waals surface area contributed by atoms with Crippen molar-refractivity contribution in [1.82, 2.24) is 0 Å². The first kappa shape index (κ1) is 13.0. The molecule has 0 unspecified atom stereocenters. The number of hydrogen-bond donors (Lipinski definition) is 0. The quantitative estimate of drug-likeness (QED) is 0.668. The summed E-state index contributed by atoms with van der Waals surface area (Å²) in [7, 11) is 0. The van der Waals surface area contributed by atoms with Crippen LogP contribution in [-0.4, -0.2) is 5.33 Å². The summed E-state index contributed by atoms with van der Waals surface area (Å²) in [5.41, 5.74) is 3.96. The van der Waals surface area contributed by atoms with E-state index in [9.17, 15) is 0 Å². The molecule has 0 bridgehead atoms. The van der Waals surface area contributed by atoms with Crippen LogP contribution in [0.25, 0.3) is 6.08 Å². The standard InChI is InChI=1S/C13H16Br2/c1-9(2)12(8-14)6-11-5-4-10(3)13(15)7-11/h4-7,9H,8H2,1-3H3/b12-6+. The van der Waals surface area contributed by atoms with Crippen molar-refractivity contribution < 1.29 is 0 Å². The van der Waals surface area contributed by atoms with Gasteiger partial charge in [0, 0.05) is 9.80 Å². The van der Waals surface area contributed by atoms with E-state index in [2.05, 4.69) is 76.9 Å². The maximum Gasteiger partial charge on any atom is 0.0247 e. The van der Waals surface area contributed by atoms with Crippen molar-refractivity contribution in [3.8, 4) is 0 Å². The van der Waals surface area contributed by atoms with Crippen molar-refractivity contribution in [2.45, 2.75) is 20.8 Å². The van der Waals surface area contributed by atoms with Gasteiger partial charge in [0.15, 0.2) is 0 Å². The first-order valence-corrected chi connectivity index (χ1v) is 6.98. The second-order valence-electron chi connectivity index (χ2n) is 4.02. The molecule has 0 spiro atoms. The van der Waals surface area contributed by atoms with E-state index in [-0.39, 0.29) is 0 Å². The summed E-state index contributed by atoms with van der Waals surface area (Å²) in [5.74, 6) is 0.587. The fourth-order valence-corrected chi connectivity index (χ4v) is 2.48. The first-order chi connectivity index (χ1) is 7.04. The molecule has 0 saturated carbocycles. The van der Waals surface area contributed by atoms with E-state index in [1.54, 1.807) is 0 Å². The lowest BCUT2D eigenvalue weighted by molar-refractivity contribution is 0.781. The van der Waals surface area contributed by atoms with Gasteiger partial charge in [0.05, 0.1) is 0 Å². The monoisotopic (exact) mass is 330 g/mol. The summed E-state index contributed by atoms with van der Waals surface area (Å²) in [6, 6.07) is 6.47. The van der Waals surface area contributed by atoms with Crippen molar-refractivity contribution in [2.75, 3.05) is 5.33 Å². The maximum atomic E-state index is 3.55. The van der Waals surface area contributed by atoms with Crippen LogP contribution in [0.1, 0.15) is 25.0 Å². The Balaban J connectivity index is 3.01. The third kappa shape index (κ3) is 3.76. The Morgan fingerprint density at radius 2 is 2.07 bits per heavy atom. The molecule has 0 aliphatic carbocycles. The third-order valence-electron chi connectivity index (χ3n) is 2.44. The van der Waals surface area contributed by atoms with Crippen LogP contribution >= 0.6 is 31.9 Å². The SMILES string of the molecule is Cc1ccc(/C=C(\CBr)C(C)C)cc1Br. The molecule has 0 amide bonds. The molecule has 1 aromatic carbocycles. The number of allylic oxidation sites excluding steroid dienone is 1. The van der Waals surface area contributed by atoms with Crippen LogP contribution in [0.3, 0.4) is 0 Å². The van der Waals surface area contributed by atoms with Gasteiger partial charge < -0.3 is 0 Å². The van der Waals surface area contributed by atoms with Crippen LogP contribution < -0.4 is 0 Å². The third-order valence-corrected chi connectivity index (χ3v) is 3.95. The van der Waals surface area contributed by atoms with Crippen LogP contribution in [-0.2, 0) is 0 Å². The largest absolute Gasteiger partial charge is 0.0880 e. The van der Waals surface area contributed by atoms with Crippen LogP contribution in [0.2, 0.25) is 0 Å². The molecule has 82 valence electrons. The normalized spacial score (nSPS) is 12.3. The first-order valence-electron chi connectivity index (χ1n) is 5.07. The summed E-state index contributed by atoms with van der Waals surface area (Å²) >= 11 is 7.08. The Labute approximate surface area is 109 Å². The van der Waals surface area contributed by atoms with Gasteiger partial charge in [0.2, 0.25) is 0 Å². The molecule has 0 fully saturated rings.